The van der Waals surface area contributed by atoms with Gasteiger partial charge in [0.25, 0.3) is 0 Å². The second-order valence-electron chi connectivity index (χ2n) is 0. The van der Waals surface area contributed by atoms with Crippen LogP contribution in [0.25, 0.3) is 0 Å². The minimum Gasteiger partial charge on any atom is -0.197 e. The third-order valence-electron chi connectivity index (χ3n) is 0. The molecule has 16 heavy (non-hydrogen) atoms. The van der Waals surface area contributed by atoms with Crippen molar-refractivity contribution in [1.29, 1.82) is 0 Å². The fraction of sp³-hybridized carbons (Fsp3) is 0. The number of hydrogen-bond acceptors (Lipinski definition) is 8. The molecule has 0 saturated carbocycles. The predicted molar refractivity (Wildman–Crippen MR) is 172 cm³/mol. The zero-order chi connectivity index (χ0) is 20.0. The van der Waals surface area contributed by atoms with Gasteiger partial charge in [-0.3, -0.25) is 0 Å². The lowest BCUT2D eigenvalue weighted by atomic mass is 31.4. The highest BCUT2D eigenvalue weighted by molar-refractivity contribution is 8.08. The summed E-state index contributed by atoms with van der Waals surface area (Å²) in [7, 11) is 0. The maximum Gasteiger partial charge on any atom is 0 e. The average Bonchev–Trinajstić information content (AvgIpc) is 2.71. The lowest BCUT2D eigenvalue weighted by molar-refractivity contribution is 6.66. The van der Waals surface area contributed by atoms with E-state index in [4.69, 9.17) is 17.8 Å². The van der Waals surface area contributed by atoms with Crippen LogP contribution in [0.3, 0.4) is 0 Å². The minimum atomic E-state index is 0. The van der Waals surface area contributed by atoms with Crippen LogP contribution in [0.2, 0.25) is 0 Å². The average molecular weight is 598 g/mol. The summed E-state index contributed by atoms with van der Waals surface area (Å²) >= 11 is 29.3. The van der Waals surface area contributed by atoms with Crippen molar-refractivity contribution in [3.05, 3.63) is 0 Å². The molecule has 0 fully saturated rings. The molecule has 0 nitrogen and oxygen atoms in total. The van der Waals surface area contributed by atoms with E-state index in [-0.39, 0.29) is 119 Å². The maximum absolute atomic E-state index is 5.00. The van der Waals surface area contributed by atoms with E-state index >= 15 is 0 Å². The Bertz CT molecular complexity index is 43.7. The molecule has 0 aromatic rings. The highest BCUT2D eigenvalue weighted by Crippen LogP contribution is 0.712. The first kappa shape index (κ1) is 37.1. The Labute approximate surface area is 224 Å². The van der Waals surface area contributed by atoms with E-state index in [0.717, 1.165) is 0 Å². The maximum atomic E-state index is 5.00. The molecular formula is H44S16. The molecular weight excluding hydrogens is 513 g/mol. The first-order valence-electron chi connectivity index (χ1n) is 6.67. The van der Waals surface area contributed by atoms with E-state index in [0.29, 0.717) is 0 Å². The molecule has 0 amide bonds. The van der Waals surface area contributed by atoms with Gasteiger partial charge in [-0.05, 0) is 0 Å². The van der Waals surface area contributed by atoms with Gasteiger partial charge in [-0.15, -0.1) is 0 Å². The third-order valence-corrected chi connectivity index (χ3v) is 0. The van der Waals surface area contributed by atoms with Crippen molar-refractivity contribution >= 4 is 197 Å². The van der Waals surface area contributed by atoms with Crippen LogP contribution in [0.5, 0.6) is 0 Å². The zero-order valence-electron chi connectivity index (χ0n) is 19.3. The fourth-order valence-corrected chi connectivity index (χ4v) is 0. The van der Waals surface area contributed by atoms with Gasteiger partial charge in [0.1, 0.15) is 0 Å². The van der Waals surface area contributed by atoms with Gasteiger partial charge in [-0.25, -0.2) is 0 Å². The van der Waals surface area contributed by atoms with E-state index in [9.17, 15) is 0 Å². The molecule has 0 spiro atoms. The van der Waals surface area contributed by atoms with Crippen LogP contribution < -0.4 is 0 Å². The Morgan fingerprint density at radius 1 is 0.312 bits per heavy atom. The van der Waals surface area contributed by atoms with Crippen LogP contribution in [0.15, 0.2) is 0 Å². The lowest BCUT2D eigenvalue weighted by Gasteiger charge is -0.707. The second kappa shape index (κ2) is 324. The normalized spacial score (nSPS) is 4.00. The first-order valence-corrected chi connectivity index (χ1v) is 6.00. The highest BCUT2D eigenvalue weighted by atomic mass is 32.8. The summed E-state index contributed by atoms with van der Waals surface area (Å²) in [6, 6.07) is 0. The molecule has 0 heterocycles. The predicted octanol–water partition coefficient (Wildman–Crippen LogP) is 4.33. The molecule has 0 unspecified atom stereocenters. The summed E-state index contributed by atoms with van der Waals surface area (Å²) < 4.78 is 60.0. The van der Waals surface area contributed by atoms with Crippen molar-refractivity contribution in [2.24, 2.45) is 0 Å². The van der Waals surface area contributed by atoms with Crippen molar-refractivity contribution < 1.29 is 29.2 Å². The lowest BCUT2D eigenvalue weighted by Crippen LogP contribution is -0.710. The largest absolute Gasteiger partial charge is 0.197 e. The Balaban J connectivity index is -0.00000000123. The third kappa shape index (κ3) is 275. The van der Waals surface area contributed by atoms with Crippen molar-refractivity contribution in [3.63, 3.8) is 0 Å². The minimum absolute atomic E-state index is 0. The van der Waals surface area contributed by atoms with Crippen LogP contribution in [0.4, 0.5) is 0 Å². The molecule has 0 aromatic carbocycles. The first-order chi connectivity index (χ1) is 10.0. The molecule has 0 bridgehead atoms. The van der Waals surface area contributed by atoms with Gasteiger partial charge in [-0.1, -0.05) is 0 Å². The van der Waals surface area contributed by atoms with Gasteiger partial charge in [0.05, 0.1) is 0 Å². The summed E-state index contributed by atoms with van der Waals surface area (Å²) in [6.45, 7) is 0. The SMILES string of the molecule is S.S.S.S.S.S.S.S.S=S.S=S.S=S.S=S.[3HH].[3HH].[3HH].[3HH].[3HH].[3HH].[3HH].[3HH].[3H][3H].[3H][3H].[3H][3H].[3H][3H].[3H][3H].[3H][3H]. The molecule has 140 valence electrons. The molecule has 0 saturated heterocycles. The molecule has 0 N–H and O–H groups in total. The molecule has 0 aliphatic carbocycles. The fourth-order valence-electron chi connectivity index (χ4n) is 0. The van der Waals surface area contributed by atoms with E-state index in [1.165, 1.54) is 0 Å². The molecule has 0 aromatic heterocycles. The second-order valence-corrected chi connectivity index (χ2v) is 0. The van der Waals surface area contributed by atoms with Crippen LogP contribution >= 0.6 is 108 Å². The Kier molecular flexibility index (Phi) is 751. The molecule has 0 aliphatic rings. The van der Waals surface area contributed by atoms with Crippen molar-refractivity contribution in [2.75, 3.05) is 0 Å². The van der Waals surface area contributed by atoms with E-state index in [1.54, 1.807) is 0 Å². The smallest absolute Gasteiger partial charge is 0 e. The van der Waals surface area contributed by atoms with Gasteiger partial charge in [0.2, 0.25) is 0 Å². The quantitative estimate of drug-likeness (QED) is 0.400. The molecule has 16 heteroatoms. The summed E-state index contributed by atoms with van der Waals surface area (Å²) in [6.07, 6.45) is 0. The van der Waals surface area contributed by atoms with Crippen LogP contribution in [0.1, 0.15) is 29.2 Å². The monoisotopic (exact) mass is 596 g/mol. The van der Waals surface area contributed by atoms with Crippen molar-refractivity contribution in [1.82, 2.24) is 0 Å². The van der Waals surface area contributed by atoms with Gasteiger partial charge in [0, 0.05) is 119 Å². The number of hydrogen-bond donors (Lipinski definition) is 0. The summed E-state index contributed by atoms with van der Waals surface area (Å²) in [4.78, 5) is 0. The van der Waals surface area contributed by atoms with Gasteiger partial charge < -0.3 is 0 Å². The van der Waals surface area contributed by atoms with E-state index < -0.39 is 0 Å². The summed E-state index contributed by atoms with van der Waals surface area (Å²) in [5, 5.41) is 0. The zero-order valence-corrected chi connectivity index (χ0v) is 21.8. The standard InChI is InChI=1S/4S2.8H2S.14H2/c4*1-2;;;;;;;;;;;;;;;;;;;;;;/h;;;;8*1H2;14*1H/i;;;;;;;;;;;;6*1+2T;8*1+2. The Morgan fingerprint density at radius 2 is 0.312 bits per heavy atom. The van der Waals surface area contributed by atoms with Crippen molar-refractivity contribution in [3.8, 4) is 0 Å². The molecule has 0 rings (SSSR count). The van der Waals surface area contributed by atoms with Crippen molar-refractivity contribution in [2.45, 2.75) is 0 Å². The topological polar surface area (TPSA) is 0 Å². The molecule has 0 radical (unpaired) electrons. The van der Waals surface area contributed by atoms with Gasteiger partial charge in [0.15, 0.2) is 0 Å². The Hall–Kier alpha value is 4.56. The Morgan fingerprint density at radius 3 is 0.312 bits per heavy atom. The van der Waals surface area contributed by atoms with E-state index in [2.05, 4.69) is 89.5 Å². The number of rotatable bonds is 0. The van der Waals surface area contributed by atoms with E-state index in [1.807, 2.05) is 0 Å². The summed E-state index contributed by atoms with van der Waals surface area (Å²) in [5.41, 5.74) is 0. The van der Waals surface area contributed by atoms with Crippen LogP contribution in [-0.4, -0.2) is 0 Å². The molecule has 0 atom stereocenters. The van der Waals surface area contributed by atoms with Crippen LogP contribution in [0, 0.1) is 0 Å². The van der Waals surface area contributed by atoms with Gasteiger partial charge >= 0.3 is 0 Å². The summed E-state index contributed by atoms with van der Waals surface area (Å²) in [5.74, 6) is 0. The highest BCUT2D eigenvalue weighted by Gasteiger charge is 0.713. The molecule has 0 aliphatic heterocycles. The van der Waals surface area contributed by atoms with Crippen LogP contribution in [-0.2, 0) is 89.5 Å². The van der Waals surface area contributed by atoms with Gasteiger partial charge in [-0.2, -0.15) is 108 Å².